The molecule has 416 valence electrons. The number of nitrogens with one attached hydrogen (secondary N) is 5. The van der Waals surface area contributed by atoms with Crippen LogP contribution in [0.25, 0.3) is 11.1 Å². The molecule has 6 unspecified atom stereocenters. The first-order valence-electron chi connectivity index (χ1n) is 26.2. The lowest BCUT2D eigenvalue weighted by Crippen LogP contribution is -2.63. The highest BCUT2D eigenvalue weighted by Crippen LogP contribution is 2.44. The van der Waals surface area contributed by atoms with Crippen molar-refractivity contribution in [3.8, 4) is 16.9 Å². The standard InChI is InChI=1S/C60H79N5O12/c1-36(2)31-48(56(71)75-40-29-27-37(3)28-30-40)62-52(67)47(33-50(66)77-60(11,12)13)61-54(69)49(35-74-58(5,6)7)63-55(70)51(38(4)76-59(8,9)10)65-53(68)46(32-39-21-15-14-16-22-39)64-57(72)73-34-45-43-25-19-17-23-41(43)42-24-18-20-26-44(42)45/h14-30,36,38,45-49,51H,31-35H2,1-13H3,(H,61,69)(H,62,67)(H,63,70)(H,64,72)(H,65,68). The number of fused-ring (bicyclic) bond motifs is 3. The lowest BCUT2D eigenvalue weighted by Gasteiger charge is -2.33. The maximum Gasteiger partial charge on any atom is 0.407 e. The van der Waals surface area contributed by atoms with E-state index < -0.39 is 108 Å². The van der Waals surface area contributed by atoms with Crippen LogP contribution in [0.5, 0.6) is 5.75 Å². The number of carbonyl (C=O) groups is 7. The zero-order valence-electron chi connectivity index (χ0n) is 46.9. The van der Waals surface area contributed by atoms with Crippen LogP contribution in [0.1, 0.15) is 124 Å². The summed E-state index contributed by atoms with van der Waals surface area (Å²) in [5.74, 6) is -5.17. The highest BCUT2D eigenvalue weighted by Gasteiger charge is 2.39. The first-order chi connectivity index (χ1) is 36.1. The zero-order valence-corrected chi connectivity index (χ0v) is 46.9. The number of rotatable bonds is 23. The van der Waals surface area contributed by atoms with Gasteiger partial charge in [-0.25, -0.2) is 9.59 Å². The molecule has 17 nitrogen and oxygen atoms in total. The Morgan fingerprint density at radius 1 is 0.558 bits per heavy atom. The van der Waals surface area contributed by atoms with Crippen LogP contribution in [0.15, 0.2) is 103 Å². The molecule has 1 aliphatic rings. The van der Waals surface area contributed by atoms with E-state index in [1.807, 2.05) is 75.4 Å². The maximum atomic E-state index is 14.8. The summed E-state index contributed by atoms with van der Waals surface area (Å²) in [5, 5.41) is 13.5. The molecule has 77 heavy (non-hydrogen) atoms. The van der Waals surface area contributed by atoms with E-state index in [-0.39, 0.29) is 37.0 Å². The van der Waals surface area contributed by atoms with Gasteiger partial charge in [-0.2, -0.15) is 0 Å². The van der Waals surface area contributed by atoms with Crippen LogP contribution in [0.2, 0.25) is 0 Å². The third-order valence-electron chi connectivity index (χ3n) is 12.1. The van der Waals surface area contributed by atoms with Gasteiger partial charge in [0.25, 0.3) is 0 Å². The molecule has 0 bridgehead atoms. The van der Waals surface area contributed by atoms with Crippen molar-refractivity contribution in [1.29, 1.82) is 0 Å². The molecule has 4 aromatic rings. The second-order valence-corrected chi connectivity index (χ2v) is 22.9. The van der Waals surface area contributed by atoms with Gasteiger partial charge in [0.05, 0.1) is 30.3 Å². The predicted molar refractivity (Wildman–Crippen MR) is 293 cm³/mol. The van der Waals surface area contributed by atoms with Gasteiger partial charge >= 0.3 is 18.0 Å². The van der Waals surface area contributed by atoms with Crippen LogP contribution in [0, 0.1) is 12.8 Å². The molecule has 5 N–H and O–H groups in total. The summed E-state index contributed by atoms with van der Waals surface area (Å²) in [5.41, 5.74) is 3.12. The molecule has 4 aromatic carbocycles. The lowest BCUT2D eigenvalue weighted by molar-refractivity contribution is -0.156. The Labute approximate surface area is 453 Å². The van der Waals surface area contributed by atoms with Crippen molar-refractivity contribution >= 4 is 41.7 Å². The van der Waals surface area contributed by atoms with Crippen LogP contribution in [-0.2, 0) is 54.1 Å². The number of amides is 5. The van der Waals surface area contributed by atoms with E-state index in [0.717, 1.165) is 27.8 Å². The fourth-order valence-corrected chi connectivity index (χ4v) is 8.68. The van der Waals surface area contributed by atoms with Crippen LogP contribution in [0.4, 0.5) is 4.79 Å². The van der Waals surface area contributed by atoms with Crippen molar-refractivity contribution in [2.24, 2.45) is 5.92 Å². The van der Waals surface area contributed by atoms with E-state index in [0.29, 0.717) is 5.56 Å². The number of esters is 2. The van der Waals surface area contributed by atoms with Crippen molar-refractivity contribution < 1.29 is 57.2 Å². The SMILES string of the molecule is Cc1ccc(OC(=O)C(CC(C)C)NC(=O)C(CC(=O)OC(C)(C)C)NC(=O)C(COC(C)(C)C)NC(=O)C(NC(=O)C(Cc2ccccc2)NC(=O)OCC2c3ccccc3-c3ccccc32)C(C)OC(C)(C)C)cc1. The van der Waals surface area contributed by atoms with Crippen molar-refractivity contribution in [3.05, 3.63) is 125 Å². The Balaban J connectivity index is 1.41. The van der Waals surface area contributed by atoms with Crippen LogP contribution < -0.4 is 31.3 Å². The van der Waals surface area contributed by atoms with Gasteiger partial charge in [0.15, 0.2) is 0 Å². The number of hydrogen-bond acceptors (Lipinski definition) is 12. The average Bonchev–Trinajstić information content (AvgIpc) is 3.67. The number of aryl methyl sites for hydroxylation is 1. The quantitative estimate of drug-likeness (QED) is 0.0355. The minimum Gasteiger partial charge on any atom is -0.460 e. The first-order valence-corrected chi connectivity index (χ1v) is 26.2. The average molecular weight is 1060 g/mol. The van der Waals surface area contributed by atoms with Gasteiger partial charge in [-0.05, 0) is 128 Å². The van der Waals surface area contributed by atoms with Gasteiger partial charge in [-0.3, -0.25) is 24.0 Å². The highest BCUT2D eigenvalue weighted by atomic mass is 16.6. The third kappa shape index (κ3) is 19.4. The molecule has 17 heteroatoms. The molecule has 0 saturated carbocycles. The summed E-state index contributed by atoms with van der Waals surface area (Å²) in [6.45, 7) is 22.2. The minimum absolute atomic E-state index is 0.00692. The number of ether oxygens (including phenoxy) is 5. The Bertz CT molecular complexity index is 2630. The molecule has 0 spiro atoms. The topological polar surface area (TPSA) is 226 Å². The molecular weight excluding hydrogens is 983 g/mol. The summed E-state index contributed by atoms with van der Waals surface area (Å²) >= 11 is 0. The van der Waals surface area contributed by atoms with Gasteiger partial charge in [-0.15, -0.1) is 0 Å². The number of alkyl carbamates (subject to hydrolysis) is 1. The van der Waals surface area contributed by atoms with Crippen molar-refractivity contribution in [2.45, 2.75) is 168 Å². The number of carbonyl (C=O) groups excluding carboxylic acids is 7. The summed E-state index contributed by atoms with van der Waals surface area (Å²) in [7, 11) is 0. The maximum absolute atomic E-state index is 14.8. The molecule has 1 aliphatic carbocycles. The Hall–Kier alpha value is -7.11. The first kappa shape index (κ1) is 60.8. The molecule has 6 atom stereocenters. The fraction of sp³-hybridized carbons (Fsp3) is 0.483. The van der Waals surface area contributed by atoms with Crippen molar-refractivity contribution in [3.63, 3.8) is 0 Å². The predicted octanol–water partition coefficient (Wildman–Crippen LogP) is 7.79. The monoisotopic (exact) mass is 1060 g/mol. The highest BCUT2D eigenvalue weighted by molar-refractivity contribution is 5.97. The van der Waals surface area contributed by atoms with E-state index in [4.69, 9.17) is 23.7 Å². The van der Waals surface area contributed by atoms with Crippen molar-refractivity contribution in [2.75, 3.05) is 13.2 Å². The van der Waals surface area contributed by atoms with E-state index in [1.165, 1.54) is 0 Å². The van der Waals surface area contributed by atoms with Crippen LogP contribution in [0.3, 0.4) is 0 Å². The van der Waals surface area contributed by atoms with E-state index in [2.05, 4.69) is 26.6 Å². The minimum atomic E-state index is -1.63. The Morgan fingerprint density at radius 3 is 1.65 bits per heavy atom. The van der Waals surface area contributed by atoms with Gasteiger partial charge < -0.3 is 50.3 Å². The Morgan fingerprint density at radius 2 is 1.09 bits per heavy atom. The summed E-state index contributed by atoms with van der Waals surface area (Å²) in [4.78, 5) is 99.1. The number of hydrogen-bond donors (Lipinski definition) is 5. The smallest absolute Gasteiger partial charge is 0.407 e. The van der Waals surface area contributed by atoms with Crippen LogP contribution >= 0.6 is 0 Å². The third-order valence-corrected chi connectivity index (χ3v) is 12.1. The summed E-state index contributed by atoms with van der Waals surface area (Å²) in [6, 6.07) is 24.5. The summed E-state index contributed by atoms with van der Waals surface area (Å²) in [6.07, 6.45) is -2.40. The second kappa shape index (κ2) is 26.8. The Kier molecular flexibility index (Phi) is 21.1. The molecule has 5 amide bonds. The molecule has 0 aromatic heterocycles. The van der Waals surface area contributed by atoms with E-state index in [1.54, 1.807) is 118 Å². The van der Waals surface area contributed by atoms with Gasteiger partial charge in [-0.1, -0.05) is 110 Å². The van der Waals surface area contributed by atoms with E-state index in [9.17, 15) is 33.6 Å². The van der Waals surface area contributed by atoms with Gasteiger partial charge in [0, 0.05) is 12.3 Å². The lowest BCUT2D eigenvalue weighted by atomic mass is 9.98. The fourth-order valence-electron chi connectivity index (χ4n) is 8.68. The normalized spacial score (nSPS) is 14.8. The second-order valence-electron chi connectivity index (χ2n) is 22.9. The van der Waals surface area contributed by atoms with Gasteiger partial charge in [0.2, 0.25) is 23.6 Å². The van der Waals surface area contributed by atoms with E-state index >= 15 is 0 Å². The molecule has 0 fully saturated rings. The largest absolute Gasteiger partial charge is 0.460 e. The van der Waals surface area contributed by atoms with Crippen LogP contribution in [-0.4, -0.2) is 108 Å². The molecule has 0 saturated heterocycles. The number of benzene rings is 4. The summed E-state index contributed by atoms with van der Waals surface area (Å²) < 4.78 is 29.4. The van der Waals surface area contributed by atoms with Gasteiger partial charge in [0.1, 0.15) is 48.2 Å². The molecule has 0 heterocycles. The molecule has 0 aliphatic heterocycles. The zero-order chi connectivity index (χ0) is 56.8. The van der Waals surface area contributed by atoms with Crippen molar-refractivity contribution in [1.82, 2.24) is 26.6 Å². The molecular formula is C60H79N5O12. The molecule has 5 rings (SSSR count). The molecule has 0 radical (unpaired) electrons.